The smallest absolute Gasteiger partial charge is 0.243 e. The zero-order chi connectivity index (χ0) is 22.0. The van der Waals surface area contributed by atoms with Crippen LogP contribution >= 0.6 is 11.8 Å². The summed E-state index contributed by atoms with van der Waals surface area (Å²) in [6, 6.07) is 0. The van der Waals surface area contributed by atoms with Gasteiger partial charge < -0.3 is 0 Å². The average Bonchev–Trinajstić information content (AvgIpc) is 2.99. The predicted molar refractivity (Wildman–Crippen MR) is 125 cm³/mol. The average molecular weight is 414 g/mol. The van der Waals surface area contributed by atoms with Crippen LogP contribution in [0, 0.1) is 11.3 Å². The van der Waals surface area contributed by atoms with Gasteiger partial charge in [-0.15, -0.1) is 11.8 Å². The molecule has 1 heterocycles. The lowest BCUT2D eigenvalue weighted by molar-refractivity contribution is -0.148. The zero-order valence-corrected chi connectivity index (χ0v) is 21.0. The lowest BCUT2D eigenvalue weighted by Crippen LogP contribution is -2.54. The summed E-state index contributed by atoms with van der Waals surface area (Å²) in [6.07, 6.45) is 7.59. The van der Waals surface area contributed by atoms with Crippen molar-refractivity contribution in [1.29, 1.82) is 0 Å². The highest BCUT2D eigenvalue weighted by atomic mass is 32.2. The number of carbonyl (C=O) groups excluding carboxylic acids is 2. The van der Waals surface area contributed by atoms with E-state index in [0.717, 1.165) is 44.3 Å². The first-order valence-electron chi connectivity index (χ1n) is 11.7. The quantitative estimate of drug-likeness (QED) is 0.321. The minimum absolute atomic E-state index is 0.0533. The van der Waals surface area contributed by atoms with Crippen LogP contribution in [0.4, 0.5) is 0 Å². The number of carbonyl (C=O) groups is 2. The molecule has 1 atom stereocenters. The van der Waals surface area contributed by atoms with Crippen LogP contribution in [0.1, 0.15) is 114 Å². The van der Waals surface area contributed by atoms with E-state index in [1.54, 1.807) is 16.7 Å². The lowest BCUT2D eigenvalue weighted by Gasteiger charge is -2.47. The summed E-state index contributed by atoms with van der Waals surface area (Å²) in [5.74, 6) is 1.60. The molecule has 2 amide bonds. The van der Waals surface area contributed by atoms with Gasteiger partial charge >= 0.3 is 0 Å². The third-order valence-corrected chi connectivity index (χ3v) is 8.14. The van der Waals surface area contributed by atoms with E-state index in [0.29, 0.717) is 12.3 Å². The molecule has 0 radical (unpaired) electrons. The monoisotopic (exact) mass is 413 g/mol. The van der Waals surface area contributed by atoms with Crippen molar-refractivity contribution in [3.8, 4) is 0 Å². The van der Waals surface area contributed by atoms with E-state index in [1.165, 1.54) is 6.42 Å². The van der Waals surface area contributed by atoms with Gasteiger partial charge in [-0.05, 0) is 42.8 Å². The highest BCUT2D eigenvalue weighted by Crippen LogP contribution is 2.46. The van der Waals surface area contributed by atoms with Crippen molar-refractivity contribution >= 4 is 23.6 Å². The molecule has 0 saturated carbocycles. The number of thioether (sulfide) groups is 1. The van der Waals surface area contributed by atoms with Gasteiger partial charge in [0.15, 0.2) is 0 Å². The third-order valence-electron chi connectivity index (χ3n) is 6.51. The topological polar surface area (TPSA) is 37.4 Å². The summed E-state index contributed by atoms with van der Waals surface area (Å²) >= 11 is 1.67. The maximum absolute atomic E-state index is 13.2. The Morgan fingerprint density at radius 2 is 1.54 bits per heavy atom. The van der Waals surface area contributed by atoms with Crippen molar-refractivity contribution in [2.24, 2.45) is 11.3 Å². The molecule has 28 heavy (non-hydrogen) atoms. The highest BCUT2D eigenvalue weighted by molar-refractivity contribution is 8.00. The van der Waals surface area contributed by atoms with Crippen molar-refractivity contribution in [2.45, 2.75) is 124 Å². The summed E-state index contributed by atoms with van der Waals surface area (Å²) in [7, 11) is 0. The first-order chi connectivity index (χ1) is 13.2. The molecule has 0 N–H and O–H groups in total. The van der Waals surface area contributed by atoms with Gasteiger partial charge in [-0.3, -0.25) is 14.5 Å². The van der Waals surface area contributed by atoms with Crippen molar-refractivity contribution in [1.82, 2.24) is 4.90 Å². The fraction of sp³-hybridized carbons (Fsp3) is 0.917. The Hall–Kier alpha value is -0.510. The number of nitrogens with zero attached hydrogens (tertiary/aromatic N) is 1. The van der Waals surface area contributed by atoms with E-state index >= 15 is 0 Å². The second-order valence-corrected chi connectivity index (χ2v) is 9.79. The number of hydrogen-bond acceptors (Lipinski definition) is 3. The molecule has 166 valence electrons. The number of rotatable bonds is 12. The molecule has 1 fully saturated rings. The van der Waals surface area contributed by atoms with Crippen LogP contribution in [0.25, 0.3) is 0 Å². The summed E-state index contributed by atoms with van der Waals surface area (Å²) in [6.45, 7) is 19.4. The molecule has 0 aromatic rings. The molecule has 1 aliphatic rings. The SMILES string of the molecule is CC.CCCC(CC)(CC)CC(CC)(CC)N1C(=O)CC(SCC(C)C)C1=O. The molecule has 0 aromatic heterocycles. The van der Waals surface area contributed by atoms with Gasteiger partial charge in [-0.2, -0.15) is 0 Å². The predicted octanol–water partition coefficient (Wildman–Crippen LogP) is 7.08. The molecule has 1 saturated heterocycles. The van der Waals surface area contributed by atoms with E-state index in [1.807, 2.05) is 13.8 Å². The van der Waals surface area contributed by atoms with Crippen LogP contribution < -0.4 is 0 Å². The van der Waals surface area contributed by atoms with Crippen LogP contribution in [0.2, 0.25) is 0 Å². The molecule has 3 nitrogen and oxygen atoms in total. The number of hydrogen-bond donors (Lipinski definition) is 0. The van der Waals surface area contributed by atoms with Gasteiger partial charge in [-0.25, -0.2) is 0 Å². The summed E-state index contributed by atoms with van der Waals surface area (Å²) in [5.41, 5.74) is -0.0903. The van der Waals surface area contributed by atoms with Gasteiger partial charge in [0.25, 0.3) is 0 Å². The van der Waals surface area contributed by atoms with Crippen LogP contribution in [0.3, 0.4) is 0 Å². The largest absolute Gasteiger partial charge is 0.275 e. The Morgan fingerprint density at radius 1 is 1.00 bits per heavy atom. The van der Waals surface area contributed by atoms with Crippen molar-refractivity contribution in [2.75, 3.05) is 5.75 Å². The zero-order valence-electron chi connectivity index (χ0n) is 20.2. The summed E-state index contributed by atoms with van der Waals surface area (Å²) < 4.78 is 0. The minimum atomic E-state index is -0.317. The van der Waals surface area contributed by atoms with Crippen LogP contribution in [0.15, 0.2) is 0 Å². The van der Waals surface area contributed by atoms with E-state index in [4.69, 9.17) is 0 Å². The van der Waals surface area contributed by atoms with Crippen molar-refractivity contribution < 1.29 is 9.59 Å². The fourth-order valence-corrected chi connectivity index (χ4v) is 5.73. The van der Waals surface area contributed by atoms with Crippen molar-refractivity contribution in [3.05, 3.63) is 0 Å². The lowest BCUT2D eigenvalue weighted by atomic mass is 9.67. The summed E-state index contributed by atoms with van der Waals surface area (Å²) in [5, 5.41) is -0.175. The third kappa shape index (κ3) is 6.50. The van der Waals surface area contributed by atoms with Crippen LogP contribution in [-0.4, -0.2) is 33.3 Å². The molecule has 4 heteroatoms. The Bertz CT molecular complexity index is 467. The van der Waals surface area contributed by atoms with E-state index in [2.05, 4.69) is 48.5 Å². The first-order valence-corrected chi connectivity index (χ1v) is 12.8. The second-order valence-electron chi connectivity index (χ2n) is 8.55. The molecule has 1 unspecified atom stereocenters. The molecule has 0 bridgehead atoms. The van der Waals surface area contributed by atoms with Gasteiger partial charge in [-0.1, -0.05) is 81.6 Å². The van der Waals surface area contributed by atoms with Crippen LogP contribution in [0.5, 0.6) is 0 Å². The second kappa shape index (κ2) is 12.9. The molecular weight excluding hydrogens is 366 g/mol. The molecule has 0 spiro atoms. The van der Waals surface area contributed by atoms with Crippen molar-refractivity contribution in [3.63, 3.8) is 0 Å². The van der Waals surface area contributed by atoms with Gasteiger partial charge in [0, 0.05) is 6.42 Å². The Labute approximate surface area is 179 Å². The molecule has 0 aliphatic carbocycles. The Balaban J connectivity index is 0.00000352. The standard InChI is InChI=1S/C22H41NO2S.C2H6/c1-8-13-21(9-2,10-3)16-22(11-4,12-5)23-19(24)14-18(20(23)25)26-15-17(6)7;1-2/h17-18H,8-16H2,1-7H3;1-2H3. The van der Waals surface area contributed by atoms with E-state index < -0.39 is 0 Å². The maximum atomic E-state index is 13.2. The number of amides is 2. The summed E-state index contributed by atoms with van der Waals surface area (Å²) in [4.78, 5) is 27.8. The maximum Gasteiger partial charge on any atom is 0.243 e. The van der Waals surface area contributed by atoms with Gasteiger partial charge in [0.1, 0.15) is 0 Å². The normalized spacial score (nSPS) is 17.9. The van der Waals surface area contributed by atoms with Crippen LogP contribution in [-0.2, 0) is 9.59 Å². The van der Waals surface area contributed by atoms with E-state index in [9.17, 15) is 9.59 Å². The fourth-order valence-electron chi connectivity index (χ4n) is 4.61. The van der Waals surface area contributed by atoms with Gasteiger partial charge in [0.2, 0.25) is 11.8 Å². The highest BCUT2D eigenvalue weighted by Gasteiger charge is 2.51. The van der Waals surface area contributed by atoms with Gasteiger partial charge in [0.05, 0.1) is 10.8 Å². The number of likely N-dealkylation sites (tertiary alicyclic amines) is 1. The molecular formula is C24H47NO2S. The molecule has 1 aliphatic heterocycles. The van der Waals surface area contributed by atoms with E-state index in [-0.39, 0.29) is 28.0 Å². The molecule has 0 aromatic carbocycles. The Kier molecular flexibility index (Phi) is 12.7. The molecule has 1 rings (SSSR count). The Morgan fingerprint density at radius 3 is 1.93 bits per heavy atom. The minimum Gasteiger partial charge on any atom is -0.275 e. The number of imide groups is 1. The first kappa shape index (κ1) is 27.5.